The van der Waals surface area contributed by atoms with Crippen molar-refractivity contribution < 1.29 is 5.11 Å². The van der Waals surface area contributed by atoms with Crippen LogP contribution in [0.1, 0.15) is 11.5 Å². The van der Waals surface area contributed by atoms with Gasteiger partial charge in [-0.15, -0.1) is 11.8 Å². The number of aliphatic hydroxyl groups is 1. The highest BCUT2D eigenvalue weighted by Gasteiger charge is 2.07. The highest BCUT2D eigenvalue weighted by atomic mass is 32.2. The van der Waals surface area contributed by atoms with E-state index in [0.29, 0.717) is 0 Å². The average Bonchev–Trinajstić information content (AvgIpc) is 2.21. The zero-order chi connectivity index (χ0) is 9.68. The fourth-order valence-corrected chi connectivity index (χ4v) is 1.47. The molecule has 13 heavy (non-hydrogen) atoms. The smallest absolute Gasteiger partial charge is 0.0943 e. The topological polar surface area (TPSA) is 44.0 Å². The molecule has 68 valence electrons. The fraction of sp³-hybridized carbons (Fsp3) is 0.300. The molecule has 1 rings (SSSR count). The number of rotatable bonds is 3. The van der Waals surface area contributed by atoms with Crippen LogP contribution in [-0.4, -0.2) is 18.0 Å². The normalized spacial score (nSPS) is 12.1. The minimum absolute atomic E-state index is 0.116. The van der Waals surface area contributed by atoms with Gasteiger partial charge in [0.15, 0.2) is 0 Å². The summed E-state index contributed by atoms with van der Waals surface area (Å²) in [6, 6.07) is 9.74. The van der Waals surface area contributed by atoms with E-state index in [0.717, 1.165) is 5.56 Å². The first-order valence-electron chi connectivity index (χ1n) is 3.96. The number of nitrogens with zero attached hydrogens (tertiary/aromatic N) is 1. The second-order valence-electron chi connectivity index (χ2n) is 2.64. The third-order valence-corrected chi connectivity index (χ3v) is 2.60. The van der Waals surface area contributed by atoms with Crippen molar-refractivity contribution in [3.8, 4) is 6.07 Å². The lowest BCUT2D eigenvalue weighted by molar-refractivity contribution is 0.286. The van der Waals surface area contributed by atoms with Gasteiger partial charge in [-0.1, -0.05) is 12.1 Å². The van der Waals surface area contributed by atoms with Crippen LogP contribution in [0.4, 0.5) is 0 Å². The first-order chi connectivity index (χ1) is 6.31. The molecule has 0 aromatic heterocycles. The fourth-order valence-electron chi connectivity index (χ4n) is 1.06. The number of nitriles is 1. The number of thioether (sulfide) groups is 1. The first-order valence-corrected chi connectivity index (χ1v) is 5.18. The molecular weight excluding hydrogens is 182 g/mol. The molecule has 0 aliphatic heterocycles. The summed E-state index contributed by atoms with van der Waals surface area (Å²) in [4.78, 5) is 1.17. The number of hydrogen-bond donors (Lipinski definition) is 1. The Hall–Kier alpha value is -0.980. The van der Waals surface area contributed by atoms with E-state index < -0.39 is 5.92 Å². The Morgan fingerprint density at radius 3 is 2.46 bits per heavy atom. The Morgan fingerprint density at radius 2 is 2.08 bits per heavy atom. The maximum Gasteiger partial charge on any atom is 0.0943 e. The van der Waals surface area contributed by atoms with Gasteiger partial charge in [0, 0.05) is 4.90 Å². The zero-order valence-corrected chi connectivity index (χ0v) is 8.21. The van der Waals surface area contributed by atoms with Gasteiger partial charge in [-0.3, -0.25) is 0 Å². The van der Waals surface area contributed by atoms with Crippen molar-refractivity contribution in [2.24, 2.45) is 0 Å². The van der Waals surface area contributed by atoms with Gasteiger partial charge in [-0.2, -0.15) is 5.26 Å². The molecule has 0 radical (unpaired) electrons. The van der Waals surface area contributed by atoms with Crippen molar-refractivity contribution in [3.05, 3.63) is 29.8 Å². The molecular formula is C10H11NOS. The lowest BCUT2D eigenvalue weighted by Crippen LogP contribution is -2.00. The van der Waals surface area contributed by atoms with E-state index in [9.17, 15) is 0 Å². The lowest BCUT2D eigenvalue weighted by atomic mass is 10.0. The SMILES string of the molecule is CSc1ccc(C(C#N)CO)cc1. The molecule has 0 fully saturated rings. The second kappa shape index (κ2) is 4.90. The molecule has 1 atom stereocenters. The molecule has 0 aliphatic rings. The summed E-state index contributed by atoms with van der Waals surface area (Å²) in [6.45, 7) is -0.116. The summed E-state index contributed by atoms with van der Waals surface area (Å²) in [6.07, 6.45) is 2.00. The van der Waals surface area contributed by atoms with Gasteiger partial charge in [0.25, 0.3) is 0 Å². The van der Waals surface area contributed by atoms with Crippen molar-refractivity contribution in [3.63, 3.8) is 0 Å². The number of hydrogen-bond acceptors (Lipinski definition) is 3. The number of benzene rings is 1. The third kappa shape index (κ3) is 2.48. The second-order valence-corrected chi connectivity index (χ2v) is 3.52. The first kappa shape index (κ1) is 10.1. The monoisotopic (exact) mass is 193 g/mol. The highest BCUT2D eigenvalue weighted by molar-refractivity contribution is 7.98. The van der Waals surface area contributed by atoms with E-state index in [1.807, 2.05) is 36.6 Å². The number of aliphatic hydroxyl groups excluding tert-OH is 1. The molecule has 0 amide bonds. The lowest BCUT2D eigenvalue weighted by Gasteiger charge is -2.05. The van der Waals surface area contributed by atoms with E-state index in [4.69, 9.17) is 10.4 Å². The summed E-state index contributed by atoms with van der Waals surface area (Å²) < 4.78 is 0. The van der Waals surface area contributed by atoms with E-state index in [1.54, 1.807) is 11.8 Å². The van der Waals surface area contributed by atoms with Crippen molar-refractivity contribution in [2.45, 2.75) is 10.8 Å². The van der Waals surface area contributed by atoms with Crippen LogP contribution < -0.4 is 0 Å². The zero-order valence-electron chi connectivity index (χ0n) is 7.40. The van der Waals surface area contributed by atoms with E-state index in [2.05, 4.69) is 0 Å². The Bertz CT molecular complexity index is 302. The molecule has 0 aliphatic carbocycles. The molecule has 0 saturated heterocycles. The maximum absolute atomic E-state index is 8.88. The molecule has 1 N–H and O–H groups in total. The van der Waals surface area contributed by atoms with Crippen LogP contribution in [0.2, 0.25) is 0 Å². The van der Waals surface area contributed by atoms with Crippen molar-refractivity contribution in [1.29, 1.82) is 5.26 Å². The van der Waals surface area contributed by atoms with Crippen LogP contribution in [-0.2, 0) is 0 Å². The average molecular weight is 193 g/mol. The van der Waals surface area contributed by atoms with Crippen LogP contribution in [0.15, 0.2) is 29.2 Å². The third-order valence-electron chi connectivity index (χ3n) is 1.86. The summed E-state index contributed by atoms with van der Waals surface area (Å²) in [5, 5.41) is 17.6. The molecule has 1 aromatic rings. The van der Waals surface area contributed by atoms with Gasteiger partial charge >= 0.3 is 0 Å². The Morgan fingerprint density at radius 1 is 1.46 bits per heavy atom. The molecule has 1 unspecified atom stereocenters. The molecule has 0 spiro atoms. The molecule has 0 saturated carbocycles. The minimum atomic E-state index is -0.393. The van der Waals surface area contributed by atoms with Crippen LogP contribution >= 0.6 is 11.8 Å². The summed E-state index contributed by atoms with van der Waals surface area (Å²) >= 11 is 1.66. The highest BCUT2D eigenvalue weighted by Crippen LogP contribution is 2.19. The van der Waals surface area contributed by atoms with Crippen molar-refractivity contribution >= 4 is 11.8 Å². The van der Waals surface area contributed by atoms with Gasteiger partial charge in [-0.25, -0.2) is 0 Å². The summed E-state index contributed by atoms with van der Waals surface area (Å²) in [7, 11) is 0. The quantitative estimate of drug-likeness (QED) is 0.747. The maximum atomic E-state index is 8.88. The van der Waals surface area contributed by atoms with Crippen LogP contribution in [0.3, 0.4) is 0 Å². The van der Waals surface area contributed by atoms with Crippen LogP contribution in [0.25, 0.3) is 0 Å². The van der Waals surface area contributed by atoms with Gasteiger partial charge < -0.3 is 5.11 Å². The summed E-state index contributed by atoms with van der Waals surface area (Å²) in [5.41, 5.74) is 0.878. The Balaban J connectivity index is 2.86. The molecule has 1 aromatic carbocycles. The Kier molecular flexibility index (Phi) is 3.81. The van der Waals surface area contributed by atoms with Crippen molar-refractivity contribution in [1.82, 2.24) is 0 Å². The summed E-state index contributed by atoms with van der Waals surface area (Å²) in [5.74, 6) is -0.393. The largest absolute Gasteiger partial charge is 0.395 e. The van der Waals surface area contributed by atoms with E-state index >= 15 is 0 Å². The van der Waals surface area contributed by atoms with E-state index in [1.165, 1.54) is 4.90 Å². The van der Waals surface area contributed by atoms with E-state index in [-0.39, 0.29) is 6.61 Å². The predicted molar refractivity (Wildman–Crippen MR) is 53.7 cm³/mol. The van der Waals surface area contributed by atoms with Gasteiger partial charge in [0.05, 0.1) is 18.6 Å². The molecule has 3 heteroatoms. The van der Waals surface area contributed by atoms with Gasteiger partial charge in [0.2, 0.25) is 0 Å². The molecule has 0 heterocycles. The predicted octanol–water partition coefficient (Wildman–Crippen LogP) is 2.01. The van der Waals surface area contributed by atoms with Gasteiger partial charge in [-0.05, 0) is 24.0 Å². The van der Waals surface area contributed by atoms with Crippen molar-refractivity contribution in [2.75, 3.05) is 12.9 Å². The van der Waals surface area contributed by atoms with Crippen LogP contribution in [0, 0.1) is 11.3 Å². The Labute approximate surface area is 82.2 Å². The molecule has 0 bridgehead atoms. The van der Waals surface area contributed by atoms with Crippen LogP contribution in [0.5, 0.6) is 0 Å². The standard InChI is InChI=1S/C10H11NOS/c1-13-10-4-2-8(3-5-10)9(6-11)7-12/h2-5,9,12H,7H2,1H3. The minimum Gasteiger partial charge on any atom is -0.395 e. The van der Waals surface area contributed by atoms with Gasteiger partial charge in [0.1, 0.15) is 0 Å². The molecule has 2 nitrogen and oxygen atoms in total.